The molecule has 5 atom stereocenters. The van der Waals surface area contributed by atoms with Crippen LogP contribution in [0.4, 0.5) is 0 Å². The van der Waals surface area contributed by atoms with Crippen LogP contribution in [0.3, 0.4) is 0 Å². The summed E-state index contributed by atoms with van der Waals surface area (Å²) < 4.78 is 22.8. The van der Waals surface area contributed by atoms with E-state index in [4.69, 9.17) is 8.37 Å². The molecule has 3 unspecified atom stereocenters. The monoisotopic (exact) mass is 373 g/mol. The first kappa shape index (κ1) is 18.5. The number of nitrogens with zero attached hydrogens (tertiary/aromatic N) is 1. The molecule has 3 aliphatic rings. The van der Waals surface area contributed by atoms with E-state index in [0.29, 0.717) is 12.0 Å². The van der Waals surface area contributed by atoms with E-state index in [9.17, 15) is 9.00 Å². The third-order valence-electron chi connectivity index (χ3n) is 6.91. The summed E-state index contributed by atoms with van der Waals surface area (Å²) in [4.78, 5) is 14.8. The van der Waals surface area contributed by atoms with Gasteiger partial charge < -0.3 is 4.90 Å². The van der Waals surface area contributed by atoms with Gasteiger partial charge in [0.15, 0.2) is 0 Å². The average Bonchev–Trinajstić information content (AvgIpc) is 3.14. The van der Waals surface area contributed by atoms with Crippen molar-refractivity contribution in [3.8, 4) is 0 Å². The van der Waals surface area contributed by atoms with E-state index in [0.717, 1.165) is 32.4 Å². The predicted molar refractivity (Wildman–Crippen MR) is 97.4 cm³/mol. The van der Waals surface area contributed by atoms with Gasteiger partial charge in [0.25, 0.3) is 0 Å². The molecule has 0 bridgehead atoms. The van der Waals surface area contributed by atoms with Crippen molar-refractivity contribution in [3.63, 3.8) is 0 Å². The lowest BCUT2D eigenvalue weighted by molar-refractivity contribution is -0.131. The molecule has 7 heteroatoms. The molecule has 0 N–H and O–H groups in total. The van der Waals surface area contributed by atoms with E-state index in [-0.39, 0.29) is 29.1 Å². The second-order valence-corrected chi connectivity index (χ2v) is 15.6. The Labute approximate surface area is 149 Å². The number of hydrogen-bond acceptors (Lipinski definition) is 4. The van der Waals surface area contributed by atoms with Crippen molar-refractivity contribution in [2.75, 3.05) is 13.1 Å². The smallest absolute Gasteiger partial charge is 0.305 e. The summed E-state index contributed by atoms with van der Waals surface area (Å²) in [7, 11) is -1.66. The van der Waals surface area contributed by atoms with Gasteiger partial charge in [-0.2, -0.15) is 4.21 Å². The van der Waals surface area contributed by atoms with Crippen molar-refractivity contribution in [2.45, 2.75) is 82.3 Å². The van der Waals surface area contributed by atoms with Gasteiger partial charge >= 0.3 is 11.4 Å². The number of amides is 1. The van der Waals surface area contributed by atoms with Crippen molar-refractivity contribution in [1.29, 1.82) is 0 Å². The van der Waals surface area contributed by atoms with Gasteiger partial charge in [0.1, 0.15) is 12.2 Å². The number of rotatable bonds is 3. The first-order valence-corrected chi connectivity index (χ1v) is 13.2. The van der Waals surface area contributed by atoms with E-state index < -0.39 is 19.4 Å². The number of fused-ring (bicyclic) bond motifs is 1. The molecule has 2 heterocycles. The van der Waals surface area contributed by atoms with Crippen LogP contribution < -0.4 is 0 Å². The molecule has 2 saturated heterocycles. The van der Waals surface area contributed by atoms with Crippen molar-refractivity contribution in [1.82, 2.24) is 4.90 Å². The average molecular weight is 374 g/mol. The number of carbonyl (C=O) groups is 1. The predicted octanol–water partition coefficient (Wildman–Crippen LogP) is 3.26. The molecular formula is C17H31NO4SSi. The topological polar surface area (TPSA) is 55.8 Å². The van der Waals surface area contributed by atoms with Gasteiger partial charge in [-0.3, -0.25) is 13.2 Å². The molecule has 24 heavy (non-hydrogen) atoms. The van der Waals surface area contributed by atoms with E-state index >= 15 is 0 Å². The number of carbonyl (C=O) groups excluding carboxylic acids is 1. The van der Waals surface area contributed by atoms with Gasteiger partial charge in [-0.05, 0) is 35.8 Å². The summed E-state index contributed by atoms with van der Waals surface area (Å²) in [5, 5.41) is 0.240. The first-order chi connectivity index (χ1) is 11.1. The fraction of sp³-hybridized carbons (Fsp3) is 0.941. The molecule has 0 aromatic carbocycles. The van der Waals surface area contributed by atoms with Crippen LogP contribution >= 0.6 is 0 Å². The Morgan fingerprint density at radius 1 is 1.21 bits per heavy atom. The summed E-state index contributed by atoms with van der Waals surface area (Å²) >= 11 is -1.64. The molecule has 0 spiro atoms. The molecule has 3 rings (SSSR count). The van der Waals surface area contributed by atoms with Crippen LogP contribution in [0.15, 0.2) is 0 Å². The van der Waals surface area contributed by atoms with Gasteiger partial charge in [0.05, 0.1) is 8.07 Å². The maximum atomic E-state index is 12.8. The Kier molecular flexibility index (Phi) is 5.01. The molecule has 1 aliphatic carbocycles. The maximum Gasteiger partial charge on any atom is 0.305 e. The molecule has 1 amide bonds. The molecule has 3 fully saturated rings. The lowest BCUT2D eigenvalue weighted by Crippen LogP contribution is -2.45. The minimum absolute atomic E-state index is 0.110. The zero-order valence-electron chi connectivity index (χ0n) is 15.5. The van der Waals surface area contributed by atoms with Gasteiger partial charge in [-0.25, -0.2) is 0 Å². The van der Waals surface area contributed by atoms with Crippen molar-refractivity contribution >= 4 is 25.3 Å². The summed E-state index contributed by atoms with van der Waals surface area (Å²) in [5.41, 5.74) is 0.455. The van der Waals surface area contributed by atoms with Crippen LogP contribution in [0.1, 0.15) is 46.5 Å². The standard InChI is InChI=1S/C17H31NO4SSi/c1-17(2,3)24(4,5)14-11-13-16(22-23(20)21-13)12(14)10-15(19)18-8-6-7-9-18/h12-14,16H,6-11H2,1-5H3/t12-,13?,14-,16?,23?/m0/s1. The summed E-state index contributed by atoms with van der Waals surface area (Å²) in [6.45, 7) is 13.5. The molecule has 0 radical (unpaired) electrons. The molecule has 0 aromatic rings. The zero-order valence-corrected chi connectivity index (χ0v) is 17.4. The highest BCUT2D eigenvalue weighted by Crippen LogP contribution is 2.56. The third kappa shape index (κ3) is 3.24. The quantitative estimate of drug-likeness (QED) is 0.713. The second-order valence-electron chi connectivity index (χ2n) is 9.17. The minimum atomic E-state index is -1.66. The number of likely N-dealkylation sites (tertiary alicyclic amines) is 1. The van der Waals surface area contributed by atoms with Crippen LogP contribution in [0.5, 0.6) is 0 Å². The first-order valence-electron chi connectivity index (χ1n) is 9.15. The van der Waals surface area contributed by atoms with E-state index in [1.165, 1.54) is 0 Å². The van der Waals surface area contributed by atoms with Crippen LogP contribution in [0, 0.1) is 5.92 Å². The van der Waals surface area contributed by atoms with E-state index in [1.54, 1.807) is 0 Å². The number of hydrogen-bond donors (Lipinski definition) is 0. The normalized spacial score (nSPS) is 37.0. The van der Waals surface area contributed by atoms with Crippen molar-refractivity contribution < 1.29 is 17.4 Å². The Morgan fingerprint density at radius 3 is 2.42 bits per heavy atom. The van der Waals surface area contributed by atoms with Crippen LogP contribution in [-0.2, 0) is 24.5 Å². The highest BCUT2D eigenvalue weighted by atomic mass is 32.2. The molecule has 1 saturated carbocycles. The second kappa shape index (κ2) is 6.48. The minimum Gasteiger partial charge on any atom is -0.343 e. The largest absolute Gasteiger partial charge is 0.343 e. The highest BCUT2D eigenvalue weighted by molar-refractivity contribution is 7.75. The van der Waals surface area contributed by atoms with Crippen molar-refractivity contribution in [2.24, 2.45) is 5.92 Å². The van der Waals surface area contributed by atoms with Crippen LogP contribution in [-0.4, -0.2) is 48.4 Å². The van der Waals surface area contributed by atoms with E-state index in [2.05, 4.69) is 33.9 Å². The fourth-order valence-corrected chi connectivity index (χ4v) is 8.64. The Hall–Kier alpha value is -0.243. The van der Waals surface area contributed by atoms with Gasteiger partial charge in [0.2, 0.25) is 5.91 Å². The summed E-state index contributed by atoms with van der Waals surface area (Å²) in [5.74, 6) is 0.374. The third-order valence-corrected chi connectivity index (χ3v) is 14.1. The molecular weight excluding hydrogens is 342 g/mol. The fourth-order valence-electron chi connectivity index (χ4n) is 4.45. The van der Waals surface area contributed by atoms with Crippen LogP contribution in [0.25, 0.3) is 0 Å². The van der Waals surface area contributed by atoms with Crippen LogP contribution in [0.2, 0.25) is 23.7 Å². The summed E-state index contributed by atoms with van der Waals surface area (Å²) in [6.07, 6.45) is 3.32. The zero-order chi connectivity index (χ0) is 17.7. The maximum absolute atomic E-state index is 12.8. The lowest BCUT2D eigenvalue weighted by Gasteiger charge is -2.44. The Balaban J connectivity index is 1.82. The van der Waals surface area contributed by atoms with Crippen molar-refractivity contribution in [3.05, 3.63) is 0 Å². The summed E-state index contributed by atoms with van der Waals surface area (Å²) in [6, 6.07) is 0. The lowest BCUT2D eigenvalue weighted by atomic mass is 10.00. The van der Waals surface area contributed by atoms with Gasteiger partial charge in [-0.1, -0.05) is 33.9 Å². The highest BCUT2D eigenvalue weighted by Gasteiger charge is 2.58. The molecule has 0 aromatic heterocycles. The van der Waals surface area contributed by atoms with Gasteiger partial charge in [-0.15, -0.1) is 0 Å². The molecule has 138 valence electrons. The Morgan fingerprint density at radius 2 is 1.83 bits per heavy atom. The van der Waals surface area contributed by atoms with Gasteiger partial charge in [0, 0.05) is 19.5 Å². The SMILES string of the molecule is CC(C)(C)[Si](C)(C)[C@H]1CC2OS(=O)OC2[C@H]1CC(=O)N1CCCC1. The molecule has 2 aliphatic heterocycles. The molecule has 5 nitrogen and oxygen atoms in total. The Bertz CT molecular complexity index is 527. The van der Waals surface area contributed by atoms with E-state index in [1.807, 2.05) is 4.90 Å².